The first-order valence-electron chi connectivity index (χ1n) is 32.7. The highest BCUT2D eigenvalue weighted by molar-refractivity contribution is 6.02. The lowest BCUT2D eigenvalue weighted by Crippen LogP contribution is -2.48. The van der Waals surface area contributed by atoms with Gasteiger partial charge in [0.25, 0.3) is 11.8 Å². The minimum Gasteiger partial charge on any atom is -0.383 e. The van der Waals surface area contributed by atoms with Crippen molar-refractivity contribution in [2.75, 3.05) is 45.0 Å². The molecule has 4 aliphatic rings. The summed E-state index contributed by atoms with van der Waals surface area (Å²) >= 11 is 0. The van der Waals surface area contributed by atoms with E-state index < -0.39 is 0 Å². The molecule has 4 N–H and O–H groups in total. The smallest absolute Gasteiger partial charge is 0.255 e. The van der Waals surface area contributed by atoms with Crippen molar-refractivity contribution in [1.29, 1.82) is 0 Å². The molecule has 4 fully saturated rings. The van der Waals surface area contributed by atoms with Gasteiger partial charge < -0.3 is 16.4 Å². The maximum atomic E-state index is 13.9. The van der Waals surface area contributed by atoms with Crippen molar-refractivity contribution >= 4 is 39.7 Å². The molecule has 96 heavy (non-hydrogen) atoms. The third-order valence-corrected chi connectivity index (χ3v) is 19.8. The topological polar surface area (TPSA) is 203 Å². The maximum Gasteiger partial charge on any atom is 0.255 e. The number of aryl methyl sites for hydroxylation is 3. The number of amides is 2. The van der Waals surface area contributed by atoms with Gasteiger partial charge in [-0.05, 0) is 236 Å². The first kappa shape index (κ1) is 62.9. The van der Waals surface area contributed by atoms with Gasteiger partial charge in [-0.2, -0.15) is 10.2 Å². The number of hydrogen-bond acceptors (Lipinski definition) is 13. The Hall–Kier alpha value is -10.6. The van der Waals surface area contributed by atoms with E-state index in [-0.39, 0.29) is 40.3 Å². The Morgan fingerprint density at radius 1 is 0.490 bits per heavy atom. The van der Waals surface area contributed by atoms with Crippen LogP contribution in [0.15, 0.2) is 177 Å². The van der Waals surface area contributed by atoms with Crippen molar-refractivity contribution in [1.82, 2.24) is 69.6 Å². The summed E-state index contributed by atoms with van der Waals surface area (Å²) in [5, 5.41) is 15.9. The van der Waals surface area contributed by atoms with E-state index in [0.29, 0.717) is 57.8 Å². The number of pyridine rings is 6. The third kappa shape index (κ3) is 12.4. The lowest BCUT2D eigenvalue weighted by molar-refractivity contribution is 0.0918. The number of nitrogens with zero attached hydrogens (tertiary/aromatic N) is 12. The van der Waals surface area contributed by atoms with E-state index in [4.69, 9.17) is 5.73 Å². The average molecular weight is 1280 g/mol. The number of nitrogens with two attached hydrogens (primary N) is 1. The molecule has 0 radical (unpaired) electrons. The number of anilines is 1. The largest absolute Gasteiger partial charge is 0.383 e. The summed E-state index contributed by atoms with van der Waals surface area (Å²) in [5.74, 6) is -0.519. The number of rotatable bonds is 13. The zero-order valence-corrected chi connectivity index (χ0v) is 53.7. The van der Waals surface area contributed by atoms with E-state index in [1.54, 1.807) is 91.2 Å². The summed E-state index contributed by atoms with van der Waals surface area (Å²) in [4.78, 5) is 57.7. The fraction of sp³-hybridized carbons (Fsp3) is 0.263. The normalized spacial score (nSPS) is 15.4. The molecule has 9 aromatic heterocycles. The molecule has 4 aliphatic heterocycles. The predicted octanol–water partition coefficient (Wildman–Crippen LogP) is 13.9. The number of nitrogen functional groups attached to an aromatic ring is 1. The fourth-order valence-electron chi connectivity index (χ4n) is 14.7. The van der Waals surface area contributed by atoms with Gasteiger partial charge in [-0.15, -0.1) is 0 Å². The van der Waals surface area contributed by atoms with E-state index in [1.165, 1.54) is 76.1 Å². The molecule has 13 heterocycles. The number of halogens is 3. The van der Waals surface area contributed by atoms with Crippen LogP contribution in [0, 0.1) is 38.2 Å². The number of carbonyl (C=O) groups is 2. The zero-order valence-electron chi connectivity index (χ0n) is 53.7. The SMILES string of the molecule is Cc1cc(-c2ncccc2-c2ccn3ncc(C(=O)NCC45CCCN4CCC5)c3c2)ccc1F.Cc1cc(-c2ncccc2-c2ccn3ncc(C(=O)NCCC45CCCN4CCC5)c3c2)ccc1F.Cc1cc(-c2ncccc2-c2cnc3ncnc(N)c3c2)ccc1F. The lowest BCUT2D eigenvalue weighted by atomic mass is 9.90. The average Bonchev–Trinajstić information content (AvgIpc) is 1.49. The molecule has 12 aromatic rings. The van der Waals surface area contributed by atoms with Crippen LogP contribution in [-0.2, 0) is 0 Å². The van der Waals surface area contributed by atoms with E-state index in [1.807, 2.05) is 91.3 Å². The first-order valence-corrected chi connectivity index (χ1v) is 32.7. The molecule has 0 unspecified atom stereocenters. The predicted molar refractivity (Wildman–Crippen MR) is 367 cm³/mol. The van der Waals surface area contributed by atoms with Crippen LogP contribution in [0.5, 0.6) is 0 Å². The summed E-state index contributed by atoms with van der Waals surface area (Å²) in [6.07, 6.45) is 26.0. The number of aromatic nitrogens is 10. The molecule has 484 valence electrons. The fourth-order valence-corrected chi connectivity index (χ4v) is 14.7. The second kappa shape index (κ2) is 26.7. The van der Waals surface area contributed by atoms with E-state index in [2.05, 4.69) is 60.5 Å². The highest BCUT2D eigenvalue weighted by Crippen LogP contribution is 2.42. The van der Waals surface area contributed by atoms with E-state index >= 15 is 0 Å². The van der Waals surface area contributed by atoms with Crippen molar-refractivity contribution in [3.63, 3.8) is 0 Å². The van der Waals surface area contributed by atoms with Crippen molar-refractivity contribution in [3.05, 3.63) is 222 Å². The van der Waals surface area contributed by atoms with Crippen molar-refractivity contribution < 1.29 is 22.8 Å². The van der Waals surface area contributed by atoms with Gasteiger partial charge >= 0.3 is 0 Å². The highest BCUT2D eigenvalue weighted by Gasteiger charge is 2.45. The quantitative estimate of drug-likeness (QED) is 0.0985. The standard InChI is InChI=1S/C29H30FN5O.C28H28FN5O.C19H14FN5/c1-20-17-22(6-7-25(20)30)27-23(5-2-12-31-27)21-8-16-35-26(18-21)24(19-33-35)28(36)32-13-11-29-9-3-14-34(29)15-4-10-29;1-19-15-21(6-7-24(19)29)26-22(5-2-11-30-26)20-8-14-34-25(16-20)23(17-32-34)27(35)31-18-28-9-3-12-33(28)13-4-10-28;1-11-7-12(4-5-16(11)20)17-14(3-2-6-22-17)13-8-15-18(21)24-10-25-19(15)23-9-13/h2,5-8,12,16-19H,3-4,9-11,13-15H2,1H3,(H,32,36);2,5-8,11,14-17H,3-4,9-10,12-13,18H2,1H3,(H,31,35);2-10H,1H3,(H2,21,23,24,25). The Bertz CT molecular complexity index is 4910. The van der Waals surface area contributed by atoms with Crippen LogP contribution >= 0.6 is 0 Å². The van der Waals surface area contributed by atoms with Gasteiger partial charge in [0.05, 0.1) is 57.0 Å². The molecule has 0 spiro atoms. The molecule has 0 bridgehead atoms. The molecule has 16 rings (SSSR count). The van der Waals surface area contributed by atoms with Gasteiger partial charge in [0.1, 0.15) is 29.6 Å². The van der Waals surface area contributed by atoms with Gasteiger partial charge in [-0.25, -0.2) is 37.2 Å². The van der Waals surface area contributed by atoms with E-state index in [0.717, 1.165) is 111 Å². The van der Waals surface area contributed by atoms with Crippen molar-refractivity contribution in [2.45, 2.75) is 89.6 Å². The third-order valence-electron chi connectivity index (χ3n) is 19.8. The molecule has 0 saturated carbocycles. The van der Waals surface area contributed by atoms with Gasteiger partial charge in [0.15, 0.2) is 5.65 Å². The Morgan fingerprint density at radius 3 is 1.42 bits per heavy atom. The highest BCUT2D eigenvalue weighted by atomic mass is 19.1. The summed E-state index contributed by atoms with van der Waals surface area (Å²) in [7, 11) is 0. The van der Waals surface area contributed by atoms with Crippen LogP contribution in [0.2, 0.25) is 0 Å². The molecule has 2 amide bonds. The molecule has 0 atom stereocenters. The summed E-state index contributed by atoms with van der Waals surface area (Å²) in [5.41, 5.74) is 21.5. The Morgan fingerprint density at radius 2 is 0.938 bits per heavy atom. The molecule has 0 aliphatic carbocycles. The summed E-state index contributed by atoms with van der Waals surface area (Å²) < 4.78 is 44.8. The second-order valence-electron chi connectivity index (χ2n) is 25.6. The maximum absolute atomic E-state index is 13.9. The second-order valence-corrected chi connectivity index (χ2v) is 25.6. The van der Waals surface area contributed by atoms with Crippen LogP contribution in [0.3, 0.4) is 0 Å². The monoisotopic (exact) mass is 1280 g/mol. The minimum atomic E-state index is -0.237. The molecule has 20 heteroatoms. The van der Waals surface area contributed by atoms with Gasteiger partial charge in [-0.1, -0.05) is 18.2 Å². The number of hydrogen-bond donors (Lipinski definition) is 3. The Balaban J connectivity index is 0.000000126. The van der Waals surface area contributed by atoms with Gasteiger partial charge in [0.2, 0.25) is 0 Å². The molecule has 4 saturated heterocycles. The number of benzene rings is 3. The van der Waals surface area contributed by atoms with Crippen molar-refractivity contribution in [3.8, 4) is 67.2 Å². The number of carbonyl (C=O) groups excluding carboxylic acids is 2. The Kier molecular flexibility index (Phi) is 17.5. The lowest BCUT2D eigenvalue weighted by Gasteiger charge is -2.32. The Labute approximate surface area is 553 Å². The zero-order chi connectivity index (χ0) is 66.1. The van der Waals surface area contributed by atoms with Crippen LogP contribution in [0.1, 0.15) is 95.2 Å². The summed E-state index contributed by atoms with van der Waals surface area (Å²) in [6.45, 7) is 11.2. The van der Waals surface area contributed by atoms with Crippen LogP contribution < -0.4 is 16.4 Å². The molecular formula is C76H72F3N15O2. The minimum absolute atomic E-state index is 0.0918. The molecular weight excluding hydrogens is 1210 g/mol. The van der Waals surface area contributed by atoms with Crippen LogP contribution in [0.25, 0.3) is 89.2 Å². The number of fused-ring (bicyclic) bond motifs is 5. The van der Waals surface area contributed by atoms with Crippen LogP contribution in [-0.4, -0.2) is 121 Å². The molecule has 3 aromatic carbocycles. The van der Waals surface area contributed by atoms with Crippen molar-refractivity contribution in [2.24, 2.45) is 0 Å². The molecule has 17 nitrogen and oxygen atoms in total. The number of nitrogens with one attached hydrogen (secondary N) is 2. The van der Waals surface area contributed by atoms with Gasteiger partial charge in [0, 0.05) is 100 Å². The van der Waals surface area contributed by atoms with Crippen LogP contribution in [0.4, 0.5) is 19.0 Å². The summed E-state index contributed by atoms with van der Waals surface area (Å²) in [6, 6.07) is 36.4. The van der Waals surface area contributed by atoms with E-state index in [9.17, 15) is 22.8 Å². The van der Waals surface area contributed by atoms with Gasteiger partial charge in [-0.3, -0.25) is 34.3 Å². The first-order chi connectivity index (χ1) is 46.7.